The van der Waals surface area contributed by atoms with Crippen LogP contribution in [0.4, 0.5) is 0 Å². The first-order valence-corrected chi connectivity index (χ1v) is 6.31. The van der Waals surface area contributed by atoms with Gasteiger partial charge in [-0.2, -0.15) is 0 Å². The van der Waals surface area contributed by atoms with E-state index in [2.05, 4.69) is 9.55 Å². The molecule has 1 aromatic carbocycles. The molecule has 0 spiro atoms. The van der Waals surface area contributed by atoms with Gasteiger partial charge in [-0.05, 0) is 25.0 Å². The smallest absolute Gasteiger partial charge is 0.335 e. The molecule has 2 heterocycles. The number of carboxylic acid groups (broad SMARTS) is 1. The van der Waals surface area contributed by atoms with Gasteiger partial charge in [0.25, 0.3) is 0 Å². The first kappa shape index (κ1) is 11.9. The lowest BCUT2D eigenvalue weighted by Crippen LogP contribution is -2.21. The van der Waals surface area contributed by atoms with Crippen LogP contribution in [0.2, 0.25) is 0 Å². The Labute approximate surface area is 110 Å². The van der Waals surface area contributed by atoms with Crippen molar-refractivity contribution in [2.45, 2.75) is 25.4 Å². The average molecular weight is 257 g/mol. The van der Waals surface area contributed by atoms with Crippen molar-refractivity contribution in [1.82, 2.24) is 9.55 Å². The molecule has 5 heteroatoms. The van der Waals surface area contributed by atoms with Crippen molar-refractivity contribution in [3.05, 3.63) is 41.7 Å². The van der Waals surface area contributed by atoms with Crippen molar-refractivity contribution in [3.63, 3.8) is 0 Å². The third kappa shape index (κ3) is 2.02. The predicted octanol–water partition coefficient (Wildman–Crippen LogP) is 2.04. The Morgan fingerprint density at radius 3 is 3.11 bits per heavy atom. The van der Waals surface area contributed by atoms with E-state index >= 15 is 0 Å². The Morgan fingerprint density at radius 2 is 2.32 bits per heavy atom. The van der Waals surface area contributed by atoms with Gasteiger partial charge in [0.05, 0.1) is 17.5 Å². The zero-order chi connectivity index (χ0) is 13.4. The van der Waals surface area contributed by atoms with Gasteiger partial charge in [-0.3, -0.25) is 0 Å². The number of carbonyl (C=O) groups is 1. The number of fused-ring (bicyclic) bond motifs is 1. The first-order valence-electron chi connectivity index (χ1n) is 6.31. The molecule has 1 aliphatic rings. The van der Waals surface area contributed by atoms with Crippen LogP contribution in [0.25, 0.3) is 11.4 Å². The third-order valence-corrected chi connectivity index (χ3v) is 3.53. The largest absolute Gasteiger partial charge is 0.478 e. The molecule has 2 aromatic rings. The molecule has 0 saturated carbocycles. The van der Waals surface area contributed by atoms with Crippen LogP contribution in [0.1, 0.15) is 34.9 Å². The highest BCUT2D eigenvalue weighted by Crippen LogP contribution is 2.29. The number of hydrogen-bond donors (Lipinski definition) is 2. The summed E-state index contributed by atoms with van der Waals surface area (Å²) in [5, 5.41) is 9.04. The van der Waals surface area contributed by atoms with E-state index < -0.39 is 5.97 Å². The number of rotatable bonds is 2. The molecule has 1 aromatic heterocycles. The summed E-state index contributed by atoms with van der Waals surface area (Å²) in [5.74, 6) is -0.128. The number of aromatic carboxylic acids is 1. The monoisotopic (exact) mass is 257 g/mol. The normalized spacial score (nSPS) is 18.1. The lowest BCUT2D eigenvalue weighted by molar-refractivity contribution is 0.0697. The summed E-state index contributed by atoms with van der Waals surface area (Å²) in [5.41, 5.74) is 8.18. The van der Waals surface area contributed by atoms with Gasteiger partial charge in [-0.25, -0.2) is 9.78 Å². The Morgan fingerprint density at radius 1 is 1.47 bits per heavy atom. The molecule has 0 amide bonds. The molecule has 0 aliphatic carbocycles. The second-order valence-corrected chi connectivity index (χ2v) is 4.79. The minimum absolute atomic E-state index is 0.0256. The minimum atomic E-state index is -0.927. The van der Waals surface area contributed by atoms with Crippen LogP contribution in [0.5, 0.6) is 0 Å². The summed E-state index contributed by atoms with van der Waals surface area (Å²) in [6.45, 7) is 0.885. The molecule has 0 saturated heterocycles. The number of imidazole rings is 1. The quantitative estimate of drug-likeness (QED) is 0.862. The first-order chi connectivity index (χ1) is 9.16. The summed E-state index contributed by atoms with van der Waals surface area (Å²) >= 11 is 0. The predicted molar refractivity (Wildman–Crippen MR) is 70.8 cm³/mol. The van der Waals surface area contributed by atoms with Crippen molar-refractivity contribution in [1.29, 1.82) is 0 Å². The maximum absolute atomic E-state index is 11.0. The van der Waals surface area contributed by atoms with Gasteiger partial charge in [0.15, 0.2) is 0 Å². The zero-order valence-electron chi connectivity index (χ0n) is 10.4. The highest BCUT2D eigenvalue weighted by Gasteiger charge is 2.21. The van der Waals surface area contributed by atoms with Gasteiger partial charge in [-0.1, -0.05) is 12.1 Å². The molecule has 0 fully saturated rings. The SMILES string of the molecule is NC1CCCn2c1cnc2-c1cccc(C(=O)O)c1. The van der Waals surface area contributed by atoms with Crippen molar-refractivity contribution in [2.24, 2.45) is 5.73 Å². The maximum atomic E-state index is 11.0. The van der Waals surface area contributed by atoms with E-state index in [0.717, 1.165) is 36.5 Å². The zero-order valence-corrected chi connectivity index (χ0v) is 10.4. The standard InChI is InChI=1S/C14H15N3O2/c15-11-5-2-6-17-12(11)8-16-13(17)9-3-1-4-10(7-9)14(18)19/h1,3-4,7-8,11H,2,5-6,15H2,(H,18,19). The molecule has 3 rings (SSSR count). The molecule has 0 radical (unpaired) electrons. The second kappa shape index (κ2) is 4.51. The van der Waals surface area contributed by atoms with E-state index in [1.54, 1.807) is 24.4 Å². The fraction of sp³-hybridized carbons (Fsp3) is 0.286. The number of aromatic nitrogens is 2. The molecular weight excluding hydrogens is 242 g/mol. The summed E-state index contributed by atoms with van der Waals surface area (Å²) in [6.07, 6.45) is 3.79. The highest BCUT2D eigenvalue weighted by molar-refractivity contribution is 5.89. The van der Waals surface area contributed by atoms with Crippen molar-refractivity contribution >= 4 is 5.97 Å². The second-order valence-electron chi connectivity index (χ2n) is 4.79. The fourth-order valence-corrected chi connectivity index (χ4v) is 2.56. The van der Waals surface area contributed by atoms with Crippen molar-refractivity contribution in [3.8, 4) is 11.4 Å². The molecule has 5 nitrogen and oxygen atoms in total. The summed E-state index contributed by atoms with van der Waals surface area (Å²) in [7, 11) is 0. The van der Waals surface area contributed by atoms with Crippen LogP contribution in [0.3, 0.4) is 0 Å². The van der Waals surface area contributed by atoms with E-state index in [9.17, 15) is 4.79 Å². The molecule has 1 atom stereocenters. The topological polar surface area (TPSA) is 81.1 Å². The maximum Gasteiger partial charge on any atom is 0.335 e. The minimum Gasteiger partial charge on any atom is -0.478 e. The van der Waals surface area contributed by atoms with Crippen LogP contribution < -0.4 is 5.73 Å². The van der Waals surface area contributed by atoms with Crippen molar-refractivity contribution in [2.75, 3.05) is 0 Å². The molecule has 1 unspecified atom stereocenters. The van der Waals surface area contributed by atoms with Gasteiger partial charge in [0.1, 0.15) is 5.82 Å². The number of nitrogens with two attached hydrogens (primary N) is 1. The van der Waals surface area contributed by atoms with Crippen LogP contribution in [-0.2, 0) is 6.54 Å². The van der Waals surface area contributed by atoms with E-state index in [1.807, 2.05) is 6.07 Å². The number of nitrogens with zero attached hydrogens (tertiary/aromatic N) is 2. The Hall–Kier alpha value is -2.14. The van der Waals surface area contributed by atoms with E-state index in [-0.39, 0.29) is 11.6 Å². The number of carboxylic acids is 1. The Bertz CT molecular complexity index is 633. The molecule has 0 bridgehead atoms. The van der Waals surface area contributed by atoms with Gasteiger partial charge in [-0.15, -0.1) is 0 Å². The van der Waals surface area contributed by atoms with Crippen LogP contribution in [0, 0.1) is 0 Å². The summed E-state index contributed by atoms with van der Waals surface area (Å²) in [6, 6.07) is 6.87. The van der Waals surface area contributed by atoms with E-state index in [1.165, 1.54) is 0 Å². The molecule has 3 N–H and O–H groups in total. The highest BCUT2D eigenvalue weighted by atomic mass is 16.4. The molecular formula is C14H15N3O2. The van der Waals surface area contributed by atoms with Crippen LogP contribution in [-0.4, -0.2) is 20.6 Å². The molecule has 19 heavy (non-hydrogen) atoms. The lowest BCUT2D eigenvalue weighted by Gasteiger charge is -2.22. The van der Waals surface area contributed by atoms with E-state index in [0.29, 0.717) is 0 Å². The fourth-order valence-electron chi connectivity index (χ4n) is 2.56. The Kier molecular flexibility index (Phi) is 2.83. The lowest BCUT2D eigenvalue weighted by atomic mass is 10.0. The average Bonchev–Trinajstić information content (AvgIpc) is 2.84. The van der Waals surface area contributed by atoms with Gasteiger partial charge < -0.3 is 15.4 Å². The summed E-state index contributed by atoms with van der Waals surface area (Å²) < 4.78 is 2.09. The number of hydrogen-bond acceptors (Lipinski definition) is 3. The molecule has 1 aliphatic heterocycles. The summed E-state index contributed by atoms with van der Waals surface area (Å²) in [4.78, 5) is 15.4. The number of benzene rings is 1. The molecule has 98 valence electrons. The van der Waals surface area contributed by atoms with Crippen LogP contribution in [0.15, 0.2) is 30.5 Å². The Balaban J connectivity index is 2.08. The van der Waals surface area contributed by atoms with Crippen LogP contribution >= 0.6 is 0 Å². The van der Waals surface area contributed by atoms with Gasteiger partial charge >= 0.3 is 5.97 Å². The van der Waals surface area contributed by atoms with E-state index in [4.69, 9.17) is 10.8 Å². The van der Waals surface area contributed by atoms with Gasteiger partial charge in [0, 0.05) is 18.2 Å². The van der Waals surface area contributed by atoms with Crippen molar-refractivity contribution < 1.29 is 9.90 Å². The van der Waals surface area contributed by atoms with Gasteiger partial charge in [0.2, 0.25) is 0 Å². The third-order valence-electron chi connectivity index (χ3n) is 3.53.